The molecule has 1 fully saturated rings. The zero-order valence-corrected chi connectivity index (χ0v) is 14.9. The number of nitrogens with zero attached hydrogens (tertiary/aromatic N) is 2. The van der Waals surface area contributed by atoms with E-state index in [0.717, 1.165) is 47.2 Å². The van der Waals surface area contributed by atoms with Crippen LogP contribution in [0.15, 0.2) is 24.3 Å². The number of carbonyl (C=O) groups is 1. The Bertz CT molecular complexity index is 716. The van der Waals surface area contributed by atoms with Crippen molar-refractivity contribution in [3.8, 4) is 10.6 Å². The fourth-order valence-corrected chi connectivity index (χ4v) is 4.18. The lowest BCUT2D eigenvalue weighted by atomic mass is 10.1. The molecule has 1 aliphatic heterocycles. The van der Waals surface area contributed by atoms with Crippen LogP contribution in [0.5, 0.6) is 0 Å². The fraction of sp³-hybridized carbons (Fsp3) is 0.412. The van der Waals surface area contributed by atoms with Crippen molar-refractivity contribution in [3.05, 3.63) is 39.9 Å². The van der Waals surface area contributed by atoms with Gasteiger partial charge in [0, 0.05) is 23.7 Å². The molecule has 6 heteroatoms. The Morgan fingerprint density at radius 2 is 2.35 bits per heavy atom. The SMILES string of the molecule is CNCC1CCN(C(=O)c2sc(-c3cccc(Cl)c3)nc2C)C1. The number of rotatable bonds is 4. The number of thiazole rings is 1. The zero-order chi connectivity index (χ0) is 16.4. The Kier molecular flexibility index (Phi) is 4.99. The molecule has 1 aliphatic rings. The van der Waals surface area contributed by atoms with Gasteiger partial charge in [0.2, 0.25) is 0 Å². The quantitative estimate of drug-likeness (QED) is 0.919. The van der Waals surface area contributed by atoms with Gasteiger partial charge < -0.3 is 10.2 Å². The largest absolute Gasteiger partial charge is 0.338 e. The number of nitrogens with one attached hydrogen (secondary N) is 1. The Balaban J connectivity index is 1.80. The first kappa shape index (κ1) is 16.4. The summed E-state index contributed by atoms with van der Waals surface area (Å²) < 4.78 is 0. The number of aromatic nitrogens is 1. The number of amides is 1. The van der Waals surface area contributed by atoms with Crippen molar-refractivity contribution in [1.82, 2.24) is 15.2 Å². The minimum atomic E-state index is 0.104. The van der Waals surface area contributed by atoms with E-state index in [1.54, 1.807) is 0 Å². The maximum Gasteiger partial charge on any atom is 0.265 e. The highest BCUT2D eigenvalue weighted by Gasteiger charge is 2.29. The van der Waals surface area contributed by atoms with E-state index in [1.165, 1.54) is 11.3 Å². The second-order valence-electron chi connectivity index (χ2n) is 5.91. The van der Waals surface area contributed by atoms with Gasteiger partial charge in [-0.25, -0.2) is 4.98 Å². The van der Waals surface area contributed by atoms with E-state index in [2.05, 4.69) is 10.3 Å². The Morgan fingerprint density at radius 3 is 3.09 bits per heavy atom. The van der Waals surface area contributed by atoms with Crippen molar-refractivity contribution in [3.63, 3.8) is 0 Å². The number of benzene rings is 1. The van der Waals surface area contributed by atoms with Crippen LogP contribution in [0.1, 0.15) is 21.8 Å². The van der Waals surface area contributed by atoms with Crippen molar-refractivity contribution in [2.45, 2.75) is 13.3 Å². The second-order valence-corrected chi connectivity index (χ2v) is 7.34. The van der Waals surface area contributed by atoms with E-state index < -0.39 is 0 Å². The van der Waals surface area contributed by atoms with Crippen molar-refractivity contribution in [2.75, 3.05) is 26.7 Å². The average Bonchev–Trinajstić information content (AvgIpc) is 3.14. The van der Waals surface area contributed by atoms with Crippen LogP contribution < -0.4 is 5.32 Å². The molecule has 0 spiro atoms. The van der Waals surface area contributed by atoms with Crippen LogP contribution in [0.3, 0.4) is 0 Å². The molecule has 1 N–H and O–H groups in total. The third-order valence-electron chi connectivity index (χ3n) is 4.13. The summed E-state index contributed by atoms with van der Waals surface area (Å²) in [6.45, 7) is 4.51. The first-order valence-electron chi connectivity index (χ1n) is 7.75. The van der Waals surface area contributed by atoms with Gasteiger partial charge in [0.25, 0.3) is 5.91 Å². The third-order valence-corrected chi connectivity index (χ3v) is 5.56. The molecule has 1 aromatic carbocycles. The number of hydrogen-bond donors (Lipinski definition) is 1. The summed E-state index contributed by atoms with van der Waals surface area (Å²) >= 11 is 7.50. The molecule has 1 unspecified atom stereocenters. The molecule has 1 aromatic heterocycles. The van der Waals surface area contributed by atoms with Gasteiger partial charge in [-0.15, -0.1) is 11.3 Å². The van der Waals surface area contributed by atoms with Crippen LogP contribution in [0.25, 0.3) is 10.6 Å². The molecular weight excluding hydrogens is 330 g/mol. The summed E-state index contributed by atoms with van der Waals surface area (Å²) in [4.78, 5) is 20.0. The van der Waals surface area contributed by atoms with Gasteiger partial charge in [-0.2, -0.15) is 0 Å². The molecule has 4 nitrogen and oxygen atoms in total. The van der Waals surface area contributed by atoms with Crippen molar-refractivity contribution >= 4 is 28.8 Å². The van der Waals surface area contributed by atoms with E-state index >= 15 is 0 Å². The van der Waals surface area contributed by atoms with Gasteiger partial charge in [0.05, 0.1) is 5.69 Å². The van der Waals surface area contributed by atoms with Crippen LogP contribution >= 0.6 is 22.9 Å². The van der Waals surface area contributed by atoms with Crippen LogP contribution in [0.2, 0.25) is 5.02 Å². The molecule has 122 valence electrons. The molecule has 23 heavy (non-hydrogen) atoms. The summed E-state index contributed by atoms with van der Waals surface area (Å²) in [5, 5.41) is 4.72. The lowest BCUT2D eigenvalue weighted by Gasteiger charge is -2.15. The van der Waals surface area contributed by atoms with E-state index in [1.807, 2.05) is 43.1 Å². The molecule has 0 bridgehead atoms. The number of aryl methyl sites for hydroxylation is 1. The summed E-state index contributed by atoms with van der Waals surface area (Å²) in [7, 11) is 1.95. The Labute approximate surface area is 145 Å². The normalized spacial score (nSPS) is 17.7. The van der Waals surface area contributed by atoms with Gasteiger partial charge >= 0.3 is 0 Å². The molecule has 2 aromatic rings. The molecule has 2 heterocycles. The van der Waals surface area contributed by atoms with Gasteiger partial charge in [0.15, 0.2) is 0 Å². The maximum absolute atomic E-state index is 12.8. The molecule has 1 saturated heterocycles. The van der Waals surface area contributed by atoms with Gasteiger partial charge in [0.1, 0.15) is 9.88 Å². The number of halogens is 1. The van der Waals surface area contributed by atoms with Crippen LogP contribution in [0, 0.1) is 12.8 Å². The molecule has 0 radical (unpaired) electrons. The van der Waals surface area contributed by atoms with Gasteiger partial charge in [-0.3, -0.25) is 4.79 Å². The molecule has 1 atom stereocenters. The first-order valence-corrected chi connectivity index (χ1v) is 8.95. The third kappa shape index (κ3) is 3.57. The molecule has 0 saturated carbocycles. The number of carbonyl (C=O) groups excluding carboxylic acids is 1. The molecule has 3 rings (SSSR count). The highest BCUT2D eigenvalue weighted by atomic mass is 35.5. The van der Waals surface area contributed by atoms with Crippen molar-refractivity contribution < 1.29 is 4.79 Å². The van der Waals surface area contributed by atoms with E-state index in [-0.39, 0.29) is 5.91 Å². The lowest BCUT2D eigenvalue weighted by Crippen LogP contribution is -2.30. The van der Waals surface area contributed by atoms with Crippen LogP contribution in [-0.2, 0) is 0 Å². The van der Waals surface area contributed by atoms with E-state index in [9.17, 15) is 4.79 Å². The van der Waals surface area contributed by atoms with E-state index in [4.69, 9.17) is 11.6 Å². The highest BCUT2D eigenvalue weighted by molar-refractivity contribution is 7.17. The number of hydrogen-bond acceptors (Lipinski definition) is 4. The standard InChI is InChI=1S/C17H20ClN3OS/c1-11-15(17(22)21-7-6-12(10-21)9-19-2)23-16(20-11)13-4-3-5-14(18)8-13/h3-5,8,12,19H,6-7,9-10H2,1-2H3. The Hall–Kier alpha value is -1.43. The maximum atomic E-state index is 12.8. The average molecular weight is 350 g/mol. The molecule has 1 amide bonds. The predicted molar refractivity (Wildman–Crippen MR) is 95.2 cm³/mol. The summed E-state index contributed by atoms with van der Waals surface area (Å²) in [5.41, 5.74) is 1.76. The topological polar surface area (TPSA) is 45.2 Å². The smallest absolute Gasteiger partial charge is 0.265 e. The lowest BCUT2D eigenvalue weighted by molar-refractivity contribution is 0.0791. The van der Waals surface area contributed by atoms with Crippen molar-refractivity contribution in [2.24, 2.45) is 5.92 Å². The van der Waals surface area contributed by atoms with Gasteiger partial charge in [-0.1, -0.05) is 23.7 Å². The zero-order valence-electron chi connectivity index (χ0n) is 13.3. The van der Waals surface area contributed by atoms with Crippen LogP contribution in [0.4, 0.5) is 0 Å². The molecular formula is C17H20ClN3OS. The van der Waals surface area contributed by atoms with Crippen LogP contribution in [-0.4, -0.2) is 42.5 Å². The van der Waals surface area contributed by atoms with Gasteiger partial charge in [-0.05, 0) is 45.0 Å². The summed E-state index contributed by atoms with van der Waals surface area (Å²) in [6.07, 6.45) is 1.06. The second kappa shape index (κ2) is 6.99. The van der Waals surface area contributed by atoms with E-state index in [0.29, 0.717) is 10.9 Å². The fourth-order valence-electron chi connectivity index (χ4n) is 2.96. The number of likely N-dealkylation sites (tertiary alicyclic amines) is 1. The minimum absolute atomic E-state index is 0.104. The summed E-state index contributed by atoms with van der Waals surface area (Å²) in [5.74, 6) is 0.649. The van der Waals surface area contributed by atoms with Crippen molar-refractivity contribution in [1.29, 1.82) is 0 Å². The Morgan fingerprint density at radius 1 is 1.52 bits per heavy atom. The monoisotopic (exact) mass is 349 g/mol. The minimum Gasteiger partial charge on any atom is -0.338 e. The first-order chi connectivity index (χ1) is 11.1. The highest BCUT2D eigenvalue weighted by Crippen LogP contribution is 2.31. The summed E-state index contributed by atoms with van der Waals surface area (Å²) in [6, 6.07) is 7.59. The predicted octanol–water partition coefficient (Wildman–Crippen LogP) is 3.45. The molecule has 0 aliphatic carbocycles.